The van der Waals surface area contributed by atoms with E-state index < -0.39 is 0 Å². The molecule has 0 heterocycles. The van der Waals surface area contributed by atoms with Crippen molar-refractivity contribution >= 4 is 11.6 Å². The van der Waals surface area contributed by atoms with Crippen molar-refractivity contribution in [1.29, 1.82) is 0 Å². The van der Waals surface area contributed by atoms with Crippen molar-refractivity contribution in [2.75, 3.05) is 0 Å². The largest absolute Gasteiger partial charge is 0.205 e. The second-order valence-corrected chi connectivity index (χ2v) is 10.1. The Labute approximate surface area is 183 Å². The average molecular weight is 419 g/mol. The molecule has 2 aliphatic carbocycles. The van der Waals surface area contributed by atoms with E-state index in [9.17, 15) is 4.39 Å². The summed E-state index contributed by atoms with van der Waals surface area (Å²) in [5.41, 5.74) is 1.12. The van der Waals surface area contributed by atoms with Crippen LogP contribution in [-0.2, 0) is 0 Å². The number of benzene rings is 1. The zero-order valence-electron chi connectivity index (χ0n) is 18.4. The van der Waals surface area contributed by atoms with E-state index in [-0.39, 0.29) is 10.8 Å². The van der Waals surface area contributed by atoms with Crippen LogP contribution in [-0.4, -0.2) is 0 Å². The van der Waals surface area contributed by atoms with Gasteiger partial charge in [0, 0.05) is 0 Å². The molecule has 2 heteroatoms. The van der Waals surface area contributed by atoms with E-state index >= 15 is 0 Å². The molecule has 0 aromatic heterocycles. The summed E-state index contributed by atoms with van der Waals surface area (Å²) in [5, 5.41) is 0.232. The lowest BCUT2D eigenvalue weighted by Gasteiger charge is -2.28. The number of halogens is 2. The van der Waals surface area contributed by atoms with Crippen LogP contribution in [0.25, 0.3) is 0 Å². The molecule has 0 spiro atoms. The van der Waals surface area contributed by atoms with Gasteiger partial charge in [0.2, 0.25) is 0 Å². The van der Waals surface area contributed by atoms with Crippen molar-refractivity contribution in [3.8, 4) is 0 Å². The summed E-state index contributed by atoms with van der Waals surface area (Å²) >= 11 is 5.82. The van der Waals surface area contributed by atoms with E-state index in [0.717, 1.165) is 36.2 Å². The number of hydrogen-bond acceptors (Lipinski definition) is 0. The minimum Gasteiger partial charge on any atom is -0.205 e. The van der Waals surface area contributed by atoms with Gasteiger partial charge in [0.05, 0.1) is 5.02 Å². The smallest absolute Gasteiger partial charge is 0.142 e. The van der Waals surface area contributed by atoms with Crippen LogP contribution in [0.15, 0.2) is 30.4 Å². The van der Waals surface area contributed by atoms with Crippen LogP contribution in [0, 0.1) is 23.6 Å². The molecule has 29 heavy (non-hydrogen) atoms. The highest BCUT2D eigenvalue weighted by atomic mass is 35.5. The van der Waals surface area contributed by atoms with E-state index in [4.69, 9.17) is 11.6 Å². The van der Waals surface area contributed by atoms with Gasteiger partial charge >= 0.3 is 0 Å². The number of unbranched alkanes of at least 4 members (excludes halogenated alkanes) is 2. The molecule has 2 saturated carbocycles. The van der Waals surface area contributed by atoms with Crippen LogP contribution in [0.5, 0.6) is 0 Å². The van der Waals surface area contributed by atoms with Crippen LogP contribution in [0.2, 0.25) is 5.02 Å². The van der Waals surface area contributed by atoms with Gasteiger partial charge in [0.15, 0.2) is 0 Å². The van der Waals surface area contributed by atoms with Gasteiger partial charge in [-0.3, -0.25) is 0 Å². The first-order valence-corrected chi connectivity index (χ1v) is 12.6. The summed E-state index contributed by atoms with van der Waals surface area (Å²) in [6.07, 6.45) is 24.0. The van der Waals surface area contributed by atoms with Crippen molar-refractivity contribution in [3.63, 3.8) is 0 Å². The molecule has 0 aliphatic heterocycles. The second-order valence-electron chi connectivity index (χ2n) is 9.67. The van der Waals surface area contributed by atoms with Crippen LogP contribution < -0.4 is 0 Å². The lowest BCUT2D eigenvalue weighted by Crippen LogP contribution is -2.14. The van der Waals surface area contributed by atoms with Crippen molar-refractivity contribution < 1.29 is 4.39 Å². The van der Waals surface area contributed by atoms with Gasteiger partial charge in [-0.25, -0.2) is 4.39 Å². The lowest BCUT2D eigenvalue weighted by molar-refractivity contribution is 0.250. The van der Waals surface area contributed by atoms with E-state index in [1.807, 2.05) is 6.07 Å². The van der Waals surface area contributed by atoms with Gasteiger partial charge < -0.3 is 0 Å². The molecule has 2 fully saturated rings. The van der Waals surface area contributed by atoms with Crippen LogP contribution in [0.4, 0.5) is 4.39 Å². The maximum Gasteiger partial charge on any atom is 0.142 e. The summed E-state index contributed by atoms with van der Waals surface area (Å²) in [6, 6.07) is 5.35. The lowest BCUT2D eigenvalue weighted by atomic mass is 9.77. The number of allylic oxidation sites excluding steroid dienone is 2. The van der Waals surface area contributed by atoms with Gasteiger partial charge in [0.25, 0.3) is 0 Å². The van der Waals surface area contributed by atoms with E-state index in [1.165, 1.54) is 77.0 Å². The molecule has 1 aromatic rings. The Hall–Kier alpha value is -0.820. The minimum absolute atomic E-state index is 0.232. The third-order valence-corrected chi connectivity index (χ3v) is 7.83. The molecular formula is C27H40ClF. The first kappa shape index (κ1) is 22.9. The molecule has 2 aliphatic rings. The maximum absolute atomic E-state index is 13.7. The first-order chi connectivity index (χ1) is 14.2. The maximum atomic E-state index is 13.7. The van der Waals surface area contributed by atoms with E-state index in [0.29, 0.717) is 5.92 Å². The molecular weight excluding hydrogens is 379 g/mol. The van der Waals surface area contributed by atoms with Gasteiger partial charge in [-0.2, -0.15) is 0 Å². The Morgan fingerprint density at radius 3 is 2.28 bits per heavy atom. The summed E-state index contributed by atoms with van der Waals surface area (Å²) < 4.78 is 13.7. The third-order valence-electron chi connectivity index (χ3n) is 7.52. The molecule has 3 rings (SSSR count). The normalized spacial score (nSPS) is 28.1. The van der Waals surface area contributed by atoms with Crippen molar-refractivity contribution in [2.24, 2.45) is 17.8 Å². The molecule has 162 valence electrons. The number of hydrogen-bond donors (Lipinski definition) is 0. The number of rotatable bonds is 9. The van der Waals surface area contributed by atoms with Gasteiger partial charge in [0.1, 0.15) is 5.82 Å². The Morgan fingerprint density at radius 1 is 0.931 bits per heavy atom. The fourth-order valence-electron chi connectivity index (χ4n) is 5.52. The molecule has 0 N–H and O–H groups in total. The Balaban J connectivity index is 1.30. The SMILES string of the molecule is CCCCCC1CCC(CC/C=C/C2CCC(c3ccc(Cl)c(F)c3)CC2)CC1. The summed E-state index contributed by atoms with van der Waals surface area (Å²) in [6.45, 7) is 2.30. The van der Waals surface area contributed by atoms with Crippen molar-refractivity contribution in [3.05, 3.63) is 46.8 Å². The highest BCUT2D eigenvalue weighted by Crippen LogP contribution is 2.38. The highest BCUT2D eigenvalue weighted by Gasteiger charge is 2.22. The fraction of sp³-hybridized carbons (Fsp3) is 0.704. The van der Waals surface area contributed by atoms with Crippen molar-refractivity contribution in [1.82, 2.24) is 0 Å². The van der Waals surface area contributed by atoms with Crippen LogP contribution >= 0.6 is 11.6 Å². The summed E-state index contributed by atoms with van der Waals surface area (Å²) in [5.74, 6) is 2.94. The van der Waals surface area contributed by atoms with Crippen LogP contribution in [0.1, 0.15) is 108 Å². The monoisotopic (exact) mass is 418 g/mol. The minimum atomic E-state index is -0.277. The fourth-order valence-corrected chi connectivity index (χ4v) is 5.64. The predicted molar refractivity (Wildman–Crippen MR) is 124 cm³/mol. The zero-order chi connectivity index (χ0) is 20.5. The van der Waals surface area contributed by atoms with Gasteiger partial charge in [-0.15, -0.1) is 0 Å². The molecule has 1 aromatic carbocycles. The van der Waals surface area contributed by atoms with Gasteiger partial charge in [-0.1, -0.05) is 88.1 Å². The van der Waals surface area contributed by atoms with Crippen molar-refractivity contribution in [2.45, 2.75) is 103 Å². The molecule has 0 saturated heterocycles. The van der Waals surface area contributed by atoms with Gasteiger partial charge in [-0.05, 0) is 79.9 Å². The predicted octanol–water partition coefficient (Wildman–Crippen LogP) is 9.48. The average Bonchev–Trinajstić information content (AvgIpc) is 2.75. The molecule has 0 atom stereocenters. The topological polar surface area (TPSA) is 0 Å². The van der Waals surface area contributed by atoms with E-state index in [1.54, 1.807) is 12.1 Å². The van der Waals surface area contributed by atoms with Crippen LogP contribution in [0.3, 0.4) is 0 Å². The highest BCUT2D eigenvalue weighted by molar-refractivity contribution is 6.30. The molecule has 0 bridgehead atoms. The third kappa shape index (κ3) is 7.42. The molecule has 0 amide bonds. The standard InChI is InChI=1S/C27H40ClF/c1-2-3-4-7-21-10-12-22(13-11-21)8-5-6-9-23-14-16-24(17-15-23)25-18-19-26(28)27(29)20-25/h6,9,18-24H,2-5,7-8,10-17H2,1H3/b9-6+. The second kappa shape index (κ2) is 12.1. The zero-order valence-corrected chi connectivity index (χ0v) is 19.1. The van der Waals surface area contributed by atoms with E-state index in [2.05, 4.69) is 19.1 Å². The summed E-state index contributed by atoms with van der Waals surface area (Å²) in [4.78, 5) is 0. The molecule has 0 radical (unpaired) electrons. The Morgan fingerprint density at radius 2 is 1.62 bits per heavy atom. The first-order valence-electron chi connectivity index (χ1n) is 12.3. The molecule has 0 unspecified atom stereocenters. The Bertz CT molecular complexity index is 621. The molecule has 0 nitrogen and oxygen atoms in total. The summed E-state index contributed by atoms with van der Waals surface area (Å²) in [7, 11) is 0. The quantitative estimate of drug-likeness (QED) is 0.276. The Kier molecular flexibility index (Phi) is 9.56.